The zero-order valence-corrected chi connectivity index (χ0v) is 13.9. The van der Waals surface area contributed by atoms with E-state index >= 15 is 0 Å². The number of ether oxygens (including phenoxy) is 1. The molecule has 1 fully saturated rings. The Hall–Kier alpha value is -2.41. The van der Waals surface area contributed by atoms with Gasteiger partial charge in [0.1, 0.15) is 0 Å². The van der Waals surface area contributed by atoms with Gasteiger partial charge in [-0.3, -0.25) is 14.4 Å². The predicted octanol–water partition coefficient (Wildman–Crippen LogP) is 0.773. The van der Waals surface area contributed by atoms with Crippen LogP contribution >= 0.6 is 0 Å². The number of methoxy groups -OCH3 is 1. The van der Waals surface area contributed by atoms with E-state index < -0.39 is 0 Å². The Morgan fingerprint density at radius 1 is 1.25 bits per heavy atom. The molecular formula is C17H23N3O4. The number of amides is 2. The number of benzene rings is 1. The summed E-state index contributed by atoms with van der Waals surface area (Å²) in [7, 11) is 1.31. The lowest BCUT2D eigenvalue weighted by molar-refractivity contribution is -0.140. The third-order valence-electron chi connectivity index (χ3n) is 4.19. The minimum absolute atomic E-state index is 0.0169. The molecule has 0 aromatic heterocycles. The zero-order valence-electron chi connectivity index (χ0n) is 13.9. The van der Waals surface area contributed by atoms with E-state index in [-0.39, 0.29) is 36.7 Å². The third kappa shape index (κ3) is 4.79. The van der Waals surface area contributed by atoms with Crippen molar-refractivity contribution < 1.29 is 19.1 Å². The van der Waals surface area contributed by atoms with Gasteiger partial charge in [0.25, 0.3) is 5.91 Å². The zero-order chi connectivity index (χ0) is 17.5. The number of carbonyl (C=O) groups excluding carboxylic acids is 3. The van der Waals surface area contributed by atoms with E-state index in [4.69, 9.17) is 0 Å². The lowest BCUT2D eigenvalue weighted by atomic mass is 9.88. The quantitative estimate of drug-likeness (QED) is 0.641. The van der Waals surface area contributed by atoms with Crippen LogP contribution in [0, 0.1) is 11.8 Å². The van der Waals surface area contributed by atoms with Crippen LogP contribution in [0.15, 0.2) is 24.3 Å². The number of carbonyl (C=O) groups is 3. The molecule has 1 heterocycles. The summed E-state index contributed by atoms with van der Waals surface area (Å²) in [4.78, 5) is 35.1. The standard InChI is InChI=1S/C17H23N3O4/c1-11(13-9-18-10-13)16(22)20-14-5-3-12(4-6-14)17(23)19-8-7-15(21)24-2/h3-6,11,13,18H,7-10H2,1-2H3,(H,19,23)(H,20,22). The van der Waals surface area contributed by atoms with Crippen molar-refractivity contribution in [1.29, 1.82) is 0 Å². The molecule has 1 aliphatic rings. The van der Waals surface area contributed by atoms with Crippen molar-refractivity contribution >= 4 is 23.5 Å². The molecular weight excluding hydrogens is 310 g/mol. The number of hydrogen-bond acceptors (Lipinski definition) is 5. The van der Waals surface area contributed by atoms with E-state index in [0.717, 1.165) is 13.1 Å². The molecule has 1 atom stereocenters. The number of anilines is 1. The summed E-state index contributed by atoms with van der Waals surface area (Å²) in [6, 6.07) is 6.66. The molecule has 1 unspecified atom stereocenters. The molecule has 1 aromatic carbocycles. The Morgan fingerprint density at radius 2 is 1.92 bits per heavy atom. The first-order chi connectivity index (χ1) is 11.5. The second kappa shape index (κ2) is 8.44. The maximum atomic E-state index is 12.1. The summed E-state index contributed by atoms with van der Waals surface area (Å²) in [5.41, 5.74) is 1.12. The van der Waals surface area contributed by atoms with E-state index in [1.807, 2.05) is 6.92 Å². The van der Waals surface area contributed by atoms with Crippen molar-refractivity contribution in [1.82, 2.24) is 10.6 Å². The van der Waals surface area contributed by atoms with E-state index in [1.165, 1.54) is 7.11 Å². The molecule has 0 aliphatic carbocycles. The van der Waals surface area contributed by atoms with Crippen LogP contribution < -0.4 is 16.0 Å². The highest BCUT2D eigenvalue weighted by atomic mass is 16.5. The maximum Gasteiger partial charge on any atom is 0.307 e. The SMILES string of the molecule is COC(=O)CCNC(=O)c1ccc(NC(=O)C(C)C2CNC2)cc1. The topological polar surface area (TPSA) is 96.5 Å². The van der Waals surface area contributed by atoms with Gasteiger partial charge in [-0.1, -0.05) is 6.92 Å². The number of esters is 1. The average molecular weight is 333 g/mol. The van der Waals surface area contributed by atoms with E-state index in [9.17, 15) is 14.4 Å². The second-order valence-electron chi connectivity index (χ2n) is 5.86. The van der Waals surface area contributed by atoms with Gasteiger partial charge in [0.15, 0.2) is 0 Å². The lowest BCUT2D eigenvalue weighted by Gasteiger charge is -2.31. The normalized spacial score (nSPS) is 15.1. The first-order valence-electron chi connectivity index (χ1n) is 7.98. The molecule has 0 radical (unpaired) electrons. The first kappa shape index (κ1) is 17.9. The molecule has 0 saturated carbocycles. The smallest absolute Gasteiger partial charge is 0.307 e. The van der Waals surface area contributed by atoms with Crippen molar-refractivity contribution in [2.24, 2.45) is 11.8 Å². The molecule has 3 N–H and O–H groups in total. The van der Waals surface area contributed by atoms with Crippen LogP contribution in [0.1, 0.15) is 23.7 Å². The van der Waals surface area contributed by atoms with Crippen molar-refractivity contribution in [3.8, 4) is 0 Å². The predicted molar refractivity (Wildman–Crippen MR) is 89.6 cm³/mol. The van der Waals surface area contributed by atoms with Crippen LogP contribution in [-0.2, 0) is 14.3 Å². The van der Waals surface area contributed by atoms with Gasteiger partial charge in [-0.15, -0.1) is 0 Å². The molecule has 7 nitrogen and oxygen atoms in total. The fourth-order valence-corrected chi connectivity index (χ4v) is 2.32. The molecule has 2 amide bonds. The minimum Gasteiger partial charge on any atom is -0.469 e. The van der Waals surface area contributed by atoms with Crippen LogP contribution in [0.25, 0.3) is 0 Å². The molecule has 24 heavy (non-hydrogen) atoms. The molecule has 1 aromatic rings. The van der Waals surface area contributed by atoms with Crippen LogP contribution in [-0.4, -0.2) is 44.5 Å². The monoisotopic (exact) mass is 333 g/mol. The summed E-state index contributed by atoms with van der Waals surface area (Å²) < 4.78 is 4.50. The van der Waals surface area contributed by atoms with Gasteiger partial charge in [-0.05, 0) is 43.3 Å². The van der Waals surface area contributed by atoms with Crippen molar-refractivity contribution in [3.63, 3.8) is 0 Å². The first-order valence-corrected chi connectivity index (χ1v) is 7.98. The molecule has 130 valence electrons. The molecule has 1 aliphatic heterocycles. The Labute approximate surface area is 141 Å². The van der Waals surface area contributed by atoms with E-state index in [1.54, 1.807) is 24.3 Å². The van der Waals surface area contributed by atoms with Gasteiger partial charge in [0.2, 0.25) is 5.91 Å². The maximum absolute atomic E-state index is 12.1. The molecule has 2 rings (SSSR count). The van der Waals surface area contributed by atoms with Crippen LogP contribution in [0.4, 0.5) is 5.69 Å². The summed E-state index contributed by atoms with van der Waals surface area (Å²) in [6.07, 6.45) is 0.129. The Morgan fingerprint density at radius 3 is 2.46 bits per heavy atom. The fourth-order valence-electron chi connectivity index (χ4n) is 2.32. The Balaban J connectivity index is 1.82. The second-order valence-corrected chi connectivity index (χ2v) is 5.86. The van der Waals surface area contributed by atoms with E-state index in [2.05, 4.69) is 20.7 Å². The Bertz CT molecular complexity index is 596. The van der Waals surface area contributed by atoms with Gasteiger partial charge in [0.05, 0.1) is 13.5 Å². The molecule has 1 saturated heterocycles. The highest BCUT2D eigenvalue weighted by Crippen LogP contribution is 2.18. The summed E-state index contributed by atoms with van der Waals surface area (Å²) >= 11 is 0. The summed E-state index contributed by atoms with van der Waals surface area (Å²) in [5.74, 6) is -0.330. The largest absolute Gasteiger partial charge is 0.469 e. The van der Waals surface area contributed by atoms with Gasteiger partial charge >= 0.3 is 5.97 Å². The van der Waals surface area contributed by atoms with Crippen LogP contribution in [0.3, 0.4) is 0 Å². The summed E-state index contributed by atoms with van der Waals surface area (Å²) in [5, 5.41) is 8.66. The van der Waals surface area contributed by atoms with Gasteiger partial charge in [-0.25, -0.2) is 0 Å². The Kier molecular flexibility index (Phi) is 6.31. The highest BCUT2D eigenvalue weighted by Gasteiger charge is 2.28. The molecule has 0 bridgehead atoms. The van der Waals surface area contributed by atoms with E-state index in [0.29, 0.717) is 17.2 Å². The third-order valence-corrected chi connectivity index (χ3v) is 4.19. The van der Waals surface area contributed by atoms with Crippen molar-refractivity contribution in [2.45, 2.75) is 13.3 Å². The van der Waals surface area contributed by atoms with Crippen LogP contribution in [0.5, 0.6) is 0 Å². The molecule has 0 spiro atoms. The minimum atomic E-state index is -0.371. The average Bonchev–Trinajstić information content (AvgIpc) is 2.53. The van der Waals surface area contributed by atoms with Crippen molar-refractivity contribution in [2.75, 3.05) is 32.1 Å². The number of rotatable bonds is 7. The van der Waals surface area contributed by atoms with Crippen molar-refractivity contribution in [3.05, 3.63) is 29.8 Å². The molecule has 7 heteroatoms. The number of hydrogen-bond donors (Lipinski definition) is 3. The number of nitrogens with one attached hydrogen (secondary N) is 3. The van der Waals surface area contributed by atoms with Gasteiger partial charge < -0.3 is 20.7 Å². The fraction of sp³-hybridized carbons (Fsp3) is 0.471. The summed E-state index contributed by atoms with van der Waals surface area (Å²) in [6.45, 7) is 3.89. The van der Waals surface area contributed by atoms with Crippen LogP contribution in [0.2, 0.25) is 0 Å². The van der Waals surface area contributed by atoms with Gasteiger partial charge in [0, 0.05) is 23.7 Å². The van der Waals surface area contributed by atoms with Gasteiger partial charge in [-0.2, -0.15) is 0 Å². The lowest BCUT2D eigenvalue weighted by Crippen LogP contribution is -2.48. The highest BCUT2D eigenvalue weighted by molar-refractivity contribution is 5.96.